The summed E-state index contributed by atoms with van der Waals surface area (Å²) in [6, 6.07) is 0. The smallest absolute Gasteiger partial charge is 0.183 e. The Labute approximate surface area is 247 Å². The van der Waals surface area contributed by atoms with Gasteiger partial charge < -0.3 is 0 Å². The zero-order valence-corrected chi connectivity index (χ0v) is 27.5. The maximum atomic E-state index is 15.1. The number of halogens is 1. The molecule has 2 bridgehead atoms. The highest BCUT2D eigenvalue weighted by atomic mass is 35.5. The summed E-state index contributed by atoms with van der Waals surface area (Å²) in [6.45, 7) is 21.1. The molecule has 5 atom stereocenters. The van der Waals surface area contributed by atoms with Crippen LogP contribution in [0.5, 0.6) is 0 Å². The standard InChI is InChI=1S/C35H51ClO4/c1-22(2)13-12-18-32(11)27(15-14-23(3)4)21-33(19-16-24(5)6)29(38)34(36,20-17-25(7)8)31(40)35(32,30(33)39)28(37)26(9)10/h13-14,16-17,26-27H,12,15,18-21H2,1-11H3/t27-,32+,33+,34?,35+/m0/s1. The van der Waals surface area contributed by atoms with Crippen molar-refractivity contribution >= 4 is 34.7 Å². The molecule has 0 saturated heterocycles. The monoisotopic (exact) mass is 570 g/mol. The molecule has 1 unspecified atom stereocenters. The first kappa shape index (κ1) is 34.1. The van der Waals surface area contributed by atoms with E-state index in [1.807, 2.05) is 68.4 Å². The minimum atomic E-state index is -2.00. The maximum absolute atomic E-state index is 15.1. The summed E-state index contributed by atoms with van der Waals surface area (Å²) in [5.74, 6) is -2.99. The summed E-state index contributed by atoms with van der Waals surface area (Å²) < 4.78 is 0. The van der Waals surface area contributed by atoms with Crippen molar-refractivity contribution < 1.29 is 19.2 Å². The van der Waals surface area contributed by atoms with Crippen molar-refractivity contribution in [2.75, 3.05) is 0 Å². The molecule has 4 nitrogen and oxygen atoms in total. The van der Waals surface area contributed by atoms with Crippen LogP contribution in [0, 0.1) is 28.1 Å². The second-order valence-corrected chi connectivity index (χ2v) is 14.4. The van der Waals surface area contributed by atoms with Crippen LogP contribution in [0.15, 0.2) is 46.6 Å². The van der Waals surface area contributed by atoms with Crippen LogP contribution in [0.2, 0.25) is 0 Å². The van der Waals surface area contributed by atoms with Crippen LogP contribution < -0.4 is 0 Å². The van der Waals surface area contributed by atoms with Gasteiger partial charge in [0.05, 0.1) is 5.41 Å². The van der Waals surface area contributed by atoms with Crippen molar-refractivity contribution in [3.8, 4) is 0 Å². The molecular formula is C35H51ClO4. The van der Waals surface area contributed by atoms with Gasteiger partial charge in [-0.3, -0.25) is 19.2 Å². The van der Waals surface area contributed by atoms with Gasteiger partial charge in [-0.2, -0.15) is 0 Å². The molecule has 2 aliphatic carbocycles. The molecule has 5 heteroatoms. The number of Topliss-reactive ketones (excluding diaryl/α,β-unsaturated/α-hetero) is 4. The van der Waals surface area contributed by atoms with E-state index < -0.39 is 50.2 Å². The molecular weight excluding hydrogens is 520 g/mol. The van der Waals surface area contributed by atoms with E-state index in [4.69, 9.17) is 11.6 Å². The van der Waals surface area contributed by atoms with E-state index in [9.17, 15) is 14.4 Å². The fourth-order valence-corrected chi connectivity index (χ4v) is 7.29. The third-order valence-electron chi connectivity index (χ3n) is 9.19. The zero-order chi connectivity index (χ0) is 30.8. The Morgan fingerprint density at radius 1 is 0.800 bits per heavy atom. The van der Waals surface area contributed by atoms with Crippen molar-refractivity contribution in [3.63, 3.8) is 0 Å². The number of hydrogen-bond acceptors (Lipinski definition) is 4. The van der Waals surface area contributed by atoms with Crippen LogP contribution in [0.4, 0.5) is 0 Å². The number of ketones is 4. The Balaban J connectivity index is 3.12. The number of allylic oxidation sites excluding steroid dienone is 8. The highest BCUT2D eigenvalue weighted by molar-refractivity contribution is 6.56. The van der Waals surface area contributed by atoms with Crippen LogP contribution >= 0.6 is 11.6 Å². The number of rotatable bonds is 11. The summed E-state index contributed by atoms with van der Waals surface area (Å²) in [5, 5.41) is 0. The molecule has 0 amide bonds. The molecule has 0 N–H and O–H groups in total. The van der Waals surface area contributed by atoms with Gasteiger partial charge >= 0.3 is 0 Å². The van der Waals surface area contributed by atoms with Gasteiger partial charge in [0.2, 0.25) is 0 Å². The largest absolute Gasteiger partial charge is 0.298 e. The number of fused-ring (bicyclic) bond motifs is 2. The quantitative estimate of drug-likeness (QED) is 0.141. The van der Waals surface area contributed by atoms with Crippen molar-refractivity contribution in [1.29, 1.82) is 0 Å². The minimum absolute atomic E-state index is 0.0335. The van der Waals surface area contributed by atoms with Gasteiger partial charge in [0.1, 0.15) is 0 Å². The molecule has 0 aromatic heterocycles. The SMILES string of the molecule is CC(C)=CCC[C@]1(C)[C@@H](CC=C(C)C)C[C@]2(CC=C(C)C)C(=O)C(Cl)(CC=C(C)C)C(=O)[C@@]1(C(=O)C(C)C)C2=O. The molecule has 0 heterocycles. The molecule has 0 radical (unpaired) electrons. The average molecular weight is 571 g/mol. The van der Waals surface area contributed by atoms with Gasteiger partial charge in [0.25, 0.3) is 0 Å². The third kappa shape index (κ3) is 5.67. The van der Waals surface area contributed by atoms with Crippen LogP contribution in [-0.4, -0.2) is 28.0 Å². The number of alkyl halides is 1. The van der Waals surface area contributed by atoms with Gasteiger partial charge in [0, 0.05) is 5.92 Å². The Kier molecular flexibility index (Phi) is 10.6. The lowest BCUT2D eigenvalue weighted by molar-refractivity contribution is -0.189. The van der Waals surface area contributed by atoms with E-state index in [0.717, 1.165) is 22.3 Å². The van der Waals surface area contributed by atoms with E-state index in [-0.39, 0.29) is 25.2 Å². The predicted molar refractivity (Wildman–Crippen MR) is 165 cm³/mol. The van der Waals surface area contributed by atoms with Gasteiger partial charge in [-0.05, 0) is 105 Å². The van der Waals surface area contributed by atoms with Gasteiger partial charge in [-0.25, -0.2) is 0 Å². The average Bonchev–Trinajstić information content (AvgIpc) is 2.84. The van der Waals surface area contributed by atoms with Crippen LogP contribution in [-0.2, 0) is 19.2 Å². The van der Waals surface area contributed by atoms with Crippen molar-refractivity contribution in [1.82, 2.24) is 0 Å². The molecule has 40 heavy (non-hydrogen) atoms. The lowest BCUT2D eigenvalue weighted by Gasteiger charge is -2.63. The first-order valence-corrected chi connectivity index (χ1v) is 15.1. The maximum Gasteiger partial charge on any atom is 0.183 e. The lowest BCUT2D eigenvalue weighted by Crippen LogP contribution is -2.78. The van der Waals surface area contributed by atoms with E-state index in [1.54, 1.807) is 19.9 Å². The predicted octanol–water partition coefficient (Wildman–Crippen LogP) is 8.72. The van der Waals surface area contributed by atoms with Crippen molar-refractivity contribution in [2.45, 2.75) is 120 Å². The summed E-state index contributed by atoms with van der Waals surface area (Å²) in [6.07, 6.45) is 9.96. The molecule has 0 aliphatic heterocycles. The van der Waals surface area contributed by atoms with E-state index in [2.05, 4.69) is 12.2 Å². The molecule has 2 rings (SSSR count). The fraction of sp³-hybridized carbons (Fsp3) is 0.657. The third-order valence-corrected chi connectivity index (χ3v) is 9.69. The highest BCUT2D eigenvalue weighted by Gasteiger charge is 2.81. The fourth-order valence-electron chi connectivity index (χ4n) is 6.89. The lowest BCUT2D eigenvalue weighted by atomic mass is 9.36. The normalized spacial score (nSPS) is 31.5. The number of hydrogen-bond donors (Lipinski definition) is 0. The summed E-state index contributed by atoms with van der Waals surface area (Å²) in [4.78, 5) is 57.2. The summed E-state index contributed by atoms with van der Waals surface area (Å²) in [5.41, 5.74) is -0.425. The van der Waals surface area contributed by atoms with Crippen molar-refractivity contribution in [2.24, 2.45) is 28.1 Å². The molecule has 222 valence electrons. The van der Waals surface area contributed by atoms with Crippen LogP contribution in [0.3, 0.4) is 0 Å². The van der Waals surface area contributed by atoms with E-state index >= 15 is 4.79 Å². The van der Waals surface area contributed by atoms with Crippen LogP contribution in [0.25, 0.3) is 0 Å². The summed E-state index contributed by atoms with van der Waals surface area (Å²) >= 11 is 7.23. The highest BCUT2D eigenvalue weighted by Crippen LogP contribution is 2.68. The Bertz CT molecular complexity index is 1160. The molecule has 2 saturated carbocycles. The van der Waals surface area contributed by atoms with E-state index in [1.165, 1.54) is 0 Å². The molecule has 2 aliphatic rings. The van der Waals surface area contributed by atoms with Crippen LogP contribution in [0.1, 0.15) is 115 Å². The zero-order valence-electron chi connectivity index (χ0n) is 26.7. The Morgan fingerprint density at radius 3 is 1.77 bits per heavy atom. The minimum Gasteiger partial charge on any atom is -0.298 e. The summed E-state index contributed by atoms with van der Waals surface area (Å²) in [7, 11) is 0. The van der Waals surface area contributed by atoms with Gasteiger partial charge in [-0.1, -0.05) is 67.4 Å². The molecule has 2 fully saturated rings. The van der Waals surface area contributed by atoms with Crippen molar-refractivity contribution in [3.05, 3.63) is 46.6 Å². The number of carbonyl (C=O) groups excluding carboxylic acids is 4. The molecule has 0 spiro atoms. The number of carbonyl (C=O) groups is 4. The first-order chi connectivity index (χ1) is 18.3. The van der Waals surface area contributed by atoms with Gasteiger partial charge in [-0.15, -0.1) is 11.6 Å². The topological polar surface area (TPSA) is 68.3 Å². The van der Waals surface area contributed by atoms with Gasteiger partial charge in [0.15, 0.2) is 33.4 Å². The molecule has 0 aromatic rings. The Hall–Kier alpha value is -2.07. The molecule has 0 aromatic carbocycles. The Morgan fingerprint density at radius 2 is 1.30 bits per heavy atom. The van der Waals surface area contributed by atoms with E-state index in [0.29, 0.717) is 19.3 Å². The second-order valence-electron chi connectivity index (χ2n) is 13.8. The first-order valence-electron chi connectivity index (χ1n) is 14.8. The second kappa shape index (κ2) is 12.4.